The highest BCUT2D eigenvalue weighted by molar-refractivity contribution is 8.48. The van der Waals surface area contributed by atoms with Gasteiger partial charge in [-0.1, -0.05) is 5.69 Å². The van der Waals surface area contributed by atoms with Gasteiger partial charge in [0, 0.05) is 0 Å². The van der Waals surface area contributed by atoms with Crippen molar-refractivity contribution < 1.29 is 47.2 Å². The van der Waals surface area contributed by atoms with Crippen LogP contribution in [0.5, 0.6) is 0 Å². The molecule has 4 aromatic rings. The molecule has 3 aliphatic rings. The zero-order valence-electron chi connectivity index (χ0n) is 23.3. The minimum atomic E-state index is -4.42. The topological polar surface area (TPSA) is 312 Å². The van der Waals surface area contributed by atoms with Crippen LogP contribution in [0.1, 0.15) is 12.5 Å². The summed E-state index contributed by atoms with van der Waals surface area (Å²) in [5, 5.41) is 22.5. The minimum absolute atomic E-state index is 0.0461. The number of aliphatic hydroxyl groups excluding tert-OH is 2. The van der Waals surface area contributed by atoms with E-state index in [2.05, 4.69) is 29.9 Å². The number of hydrogen-bond donors (Lipinski definition) is 7. The molecule has 3 fully saturated rings. The standard InChI is InChI=1S/C21H24N10O12P2S2/c1-47-45(37)39-3-7-12(11(33)18(41-7)30-4-24-8-14(30)26-20(22)28-16(8)34)42-44(36,46)38-2-6-10(32)13(43-45)19(40-6)31-5-25-9-15(31)27-21(23)29-17(9)35/h1,4-7,10-13,18-19,32-33H,2-3H2,(H,36,46)(H3,22,26,28,34)(H3,23,27,29,35)/t6-,7-,10-,11-,12-,13-,18-,19-,44?,45-/m1/s1. The fourth-order valence-corrected chi connectivity index (χ4v) is 8.70. The Labute approximate surface area is 269 Å². The van der Waals surface area contributed by atoms with Crippen molar-refractivity contribution in [1.82, 2.24) is 39.0 Å². The van der Waals surface area contributed by atoms with Crippen molar-refractivity contribution in [2.45, 2.75) is 49.1 Å². The Morgan fingerprint density at radius 2 is 1.45 bits per heavy atom. The van der Waals surface area contributed by atoms with E-state index < -0.39 is 86.9 Å². The van der Waals surface area contributed by atoms with Crippen molar-refractivity contribution in [3.63, 3.8) is 0 Å². The molecule has 7 heterocycles. The van der Waals surface area contributed by atoms with E-state index in [1.807, 2.05) is 0 Å². The summed E-state index contributed by atoms with van der Waals surface area (Å²) in [5.74, 6) is -0.475. The molecule has 252 valence electrons. The average Bonchev–Trinajstić information content (AvgIpc) is 3.76. The van der Waals surface area contributed by atoms with Crippen LogP contribution < -0.4 is 22.6 Å². The van der Waals surface area contributed by atoms with E-state index in [1.165, 1.54) is 21.8 Å². The molecular weight excluding hydrogens is 710 g/mol. The number of fused-ring (bicyclic) bond motifs is 5. The maximum Gasteiger partial charge on any atom is 0.418 e. The molecule has 0 spiro atoms. The summed E-state index contributed by atoms with van der Waals surface area (Å²) < 4.78 is 50.8. The van der Waals surface area contributed by atoms with Crippen LogP contribution in [0.15, 0.2) is 22.2 Å². The third kappa shape index (κ3) is 5.71. The Kier molecular flexibility index (Phi) is 8.10. The molecule has 3 saturated heterocycles. The lowest BCUT2D eigenvalue weighted by Gasteiger charge is -2.27. The number of imidazole rings is 2. The van der Waals surface area contributed by atoms with E-state index in [-0.39, 0.29) is 45.0 Å². The van der Waals surface area contributed by atoms with Crippen molar-refractivity contribution in [3.8, 4) is 5.69 Å². The second kappa shape index (κ2) is 11.8. The molecule has 1 unspecified atom stereocenters. The van der Waals surface area contributed by atoms with E-state index in [4.69, 9.17) is 56.5 Å². The van der Waals surface area contributed by atoms with E-state index >= 15 is 0 Å². The fraction of sp³-hybridized carbons (Fsp3) is 0.476. The van der Waals surface area contributed by atoms with Gasteiger partial charge in [0.15, 0.2) is 34.8 Å². The number of H-pyrrole nitrogens is 2. The summed E-state index contributed by atoms with van der Waals surface area (Å²) >= 11 is 5.20. The van der Waals surface area contributed by atoms with Crippen molar-refractivity contribution in [3.05, 3.63) is 33.4 Å². The van der Waals surface area contributed by atoms with Crippen LogP contribution >= 0.6 is 24.3 Å². The largest absolute Gasteiger partial charge is 0.418 e. The lowest BCUT2D eigenvalue weighted by molar-refractivity contribution is -0.0588. The molecule has 22 nitrogen and oxygen atoms in total. The number of nitrogens with zero attached hydrogens (tertiary/aromatic N) is 6. The lowest BCUT2D eigenvalue weighted by atomic mass is 10.1. The van der Waals surface area contributed by atoms with Crippen molar-refractivity contribution >= 4 is 70.3 Å². The number of nitrogens with one attached hydrogen (secondary N) is 2. The molecule has 0 saturated carbocycles. The third-order valence-corrected chi connectivity index (χ3v) is 11.6. The Hall–Kier alpha value is -3.18. The average molecular weight is 735 g/mol. The molecule has 10 atom stereocenters. The maximum absolute atomic E-state index is 13.9. The highest BCUT2D eigenvalue weighted by Crippen LogP contribution is 2.59. The normalized spacial score (nSPS) is 36.5. The zero-order chi connectivity index (χ0) is 33.4. The molecule has 0 radical (unpaired) electrons. The summed E-state index contributed by atoms with van der Waals surface area (Å²) in [7, 11) is 0.188. The fourth-order valence-electron chi connectivity index (χ4n) is 5.42. The monoisotopic (exact) mass is 734 g/mol. The number of aliphatic hydroxyl groups is 2. The van der Waals surface area contributed by atoms with Gasteiger partial charge in [-0.15, -0.1) is 0 Å². The van der Waals surface area contributed by atoms with Crippen molar-refractivity contribution in [2.24, 2.45) is 0 Å². The summed E-state index contributed by atoms with van der Waals surface area (Å²) in [6, 6.07) is 0. The molecule has 4 aromatic heterocycles. The van der Waals surface area contributed by atoms with Gasteiger partial charge < -0.3 is 40.6 Å². The van der Waals surface area contributed by atoms with Crippen LogP contribution in [0.4, 0.5) is 11.9 Å². The van der Waals surface area contributed by atoms with Crippen molar-refractivity contribution in [2.75, 3.05) is 24.7 Å². The molecule has 3 aliphatic heterocycles. The number of rotatable bonds is 2. The molecule has 0 aliphatic carbocycles. The molecule has 0 amide bonds. The first-order valence-corrected chi connectivity index (χ1v) is 19.0. The zero-order valence-corrected chi connectivity index (χ0v) is 26.8. The van der Waals surface area contributed by atoms with E-state index in [0.717, 1.165) is 0 Å². The molecule has 26 heteroatoms. The number of anilines is 2. The highest BCUT2D eigenvalue weighted by Gasteiger charge is 2.53. The van der Waals surface area contributed by atoms with Gasteiger partial charge in [0.25, 0.3) is 11.1 Å². The van der Waals surface area contributed by atoms with Gasteiger partial charge in [-0.25, -0.2) is 14.5 Å². The first kappa shape index (κ1) is 32.4. The summed E-state index contributed by atoms with van der Waals surface area (Å²) in [4.78, 5) is 56.5. The van der Waals surface area contributed by atoms with E-state index in [1.54, 1.807) is 0 Å². The lowest BCUT2D eigenvalue weighted by Crippen LogP contribution is -2.36. The van der Waals surface area contributed by atoms with Crippen LogP contribution in [0, 0.1) is 5.69 Å². The predicted octanol–water partition coefficient (Wildman–Crippen LogP) is -1.60. The first-order chi connectivity index (χ1) is 22.3. The van der Waals surface area contributed by atoms with Crippen LogP contribution in [0.25, 0.3) is 22.3 Å². The molecule has 9 N–H and O–H groups in total. The van der Waals surface area contributed by atoms with Crippen LogP contribution in [-0.4, -0.2) is 104 Å². The van der Waals surface area contributed by atoms with Crippen LogP contribution in [0.3, 0.4) is 0 Å². The minimum Gasteiger partial charge on any atom is -0.387 e. The van der Waals surface area contributed by atoms with Gasteiger partial charge in [0.2, 0.25) is 11.9 Å². The second-order valence-corrected chi connectivity index (χ2v) is 16.8. The van der Waals surface area contributed by atoms with Gasteiger partial charge in [0.05, 0.1) is 25.9 Å². The van der Waals surface area contributed by atoms with Gasteiger partial charge in [-0.2, -0.15) is 9.97 Å². The Morgan fingerprint density at radius 3 is 2.04 bits per heavy atom. The number of aromatic amines is 2. The summed E-state index contributed by atoms with van der Waals surface area (Å²) in [6.07, 6.45) is -9.25. The first-order valence-electron chi connectivity index (χ1n) is 13.4. The SMILES string of the molecule is C#S[P@]1(=O)OC[C@H]2O[C@@H](n3cnc4c(=O)[nH]c(N)nc43)[C@H](O)[C@@H]2OP(O)(=S)OC[C@H]2O[C@@H](n3cnc4c(=O)[nH]c(N)nc43)[C@H](O1)[C@@H]2O. The quantitative estimate of drug-likeness (QED) is 0.114. The van der Waals surface area contributed by atoms with E-state index in [0.29, 0.717) is 0 Å². The number of hydrogen-bond acceptors (Lipinski definition) is 18. The number of ether oxygens (including phenoxy) is 2. The van der Waals surface area contributed by atoms with Crippen LogP contribution in [0.2, 0.25) is 0 Å². The Balaban J connectivity index is 1.23. The number of aromatic nitrogens is 8. The maximum atomic E-state index is 13.9. The smallest absolute Gasteiger partial charge is 0.387 e. The predicted molar refractivity (Wildman–Crippen MR) is 163 cm³/mol. The van der Waals surface area contributed by atoms with Gasteiger partial charge in [-0.05, 0) is 22.6 Å². The van der Waals surface area contributed by atoms with E-state index in [9.17, 15) is 29.3 Å². The Bertz CT molecular complexity index is 2150. The van der Waals surface area contributed by atoms with Crippen LogP contribution in [-0.2, 0) is 43.9 Å². The summed E-state index contributed by atoms with van der Waals surface area (Å²) in [6.45, 7) is -9.91. The number of nitrogen functional groups attached to an aromatic ring is 2. The second-order valence-electron chi connectivity index (χ2n) is 10.4. The van der Waals surface area contributed by atoms with Gasteiger partial charge >= 0.3 is 13.5 Å². The van der Waals surface area contributed by atoms with Crippen molar-refractivity contribution in [1.29, 1.82) is 0 Å². The molecule has 47 heavy (non-hydrogen) atoms. The molecular formula is C21H24N10O12P2S2. The number of nitrogens with two attached hydrogens (primary N) is 2. The highest BCUT2D eigenvalue weighted by atomic mass is 32.7. The molecule has 2 bridgehead atoms. The molecule has 7 rings (SSSR count). The van der Waals surface area contributed by atoms with Gasteiger partial charge in [-0.3, -0.25) is 42.3 Å². The Morgan fingerprint density at radius 1 is 0.894 bits per heavy atom. The third-order valence-electron chi connectivity index (χ3n) is 7.51. The molecule has 0 aromatic carbocycles. The van der Waals surface area contributed by atoms with Gasteiger partial charge in [0.1, 0.15) is 36.6 Å². The summed E-state index contributed by atoms with van der Waals surface area (Å²) in [5.41, 5.74) is 15.5.